The molecule has 0 aliphatic carbocycles. The largest absolute Gasteiger partial charge is 0.384 e. The van der Waals surface area contributed by atoms with Gasteiger partial charge in [0.2, 0.25) is 10.0 Å². The van der Waals surface area contributed by atoms with E-state index in [-0.39, 0.29) is 4.90 Å². The molecule has 0 spiro atoms. The maximum absolute atomic E-state index is 12.6. The van der Waals surface area contributed by atoms with Gasteiger partial charge in [-0.2, -0.15) is 4.31 Å². The van der Waals surface area contributed by atoms with Crippen molar-refractivity contribution in [1.29, 1.82) is 0 Å². The van der Waals surface area contributed by atoms with Gasteiger partial charge >= 0.3 is 0 Å². The van der Waals surface area contributed by atoms with Crippen LogP contribution in [0.2, 0.25) is 0 Å². The predicted octanol–water partition coefficient (Wildman–Crippen LogP) is 0.913. The topological polar surface area (TPSA) is 79.5 Å². The number of sulfonamides is 1. The van der Waals surface area contributed by atoms with Crippen LogP contribution in [0, 0.1) is 0 Å². The number of rotatable bonds is 3. The third-order valence-corrected chi connectivity index (χ3v) is 6.36. The molecular formula is C14H22N4O2S. The van der Waals surface area contributed by atoms with Crippen LogP contribution in [0.15, 0.2) is 23.2 Å². The van der Waals surface area contributed by atoms with Gasteiger partial charge in [0.1, 0.15) is 10.7 Å². The van der Waals surface area contributed by atoms with Crippen LogP contribution in [0.5, 0.6) is 0 Å². The van der Waals surface area contributed by atoms with E-state index in [2.05, 4.69) is 9.88 Å². The van der Waals surface area contributed by atoms with Gasteiger partial charge in [0.05, 0.1) is 0 Å². The first-order valence-electron chi connectivity index (χ1n) is 7.53. The smallest absolute Gasteiger partial charge is 0.244 e. The molecule has 2 aliphatic heterocycles. The molecule has 0 unspecified atom stereocenters. The lowest BCUT2D eigenvalue weighted by molar-refractivity contribution is 0.168. The molecule has 2 N–H and O–H groups in total. The van der Waals surface area contributed by atoms with Crippen LogP contribution in [0.4, 0.5) is 5.82 Å². The molecule has 116 valence electrons. The van der Waals surface area contributed by atoms with Gasteiger partial charge in [0, 0.05) is 25.3 Å². The third kappa shape index (κ3) is 3.04. The summed E-state index contributed by atoms with van der Waals surface area (Å²) in [7, 11) is -3.43. The highest BCUT2D eigenvalue weighted by Gasteiger charge is 2.32. The normalized spacial score (nSPS) is 22.7. The van der Waals surface area contributed by atoms with Crippen molar-refractivity contribution in [3.05, 3.63) is 18.3 Å². The SMILES string of the molecule is Nc1ccc(S(=O)(=O)N2CCC(N3CCCC3)CC2)cn1. The molecule has 7 heteroatoms. The summed E-state index contributed by atoms with van der Waals surface area (Å²) in [4.78, 5) is 6.62. The average Bonchev–Trinajstić information content (AvgIpc) is 3.02. The summed E-state index contributed by atoms with van der Waals surface area (Å²) in [5.41, 5.74) is 5.51. The van der Waals surface area contributed by atoms with Crippen LogP contribution in [0.3, 0.4) is 0 Å². The lowest BCUT2D eigenvalue weighted by atomic mass is 10.1. The minimum absolute atomic E-state index is 0.233. The standard InChI is InChI=1S/C14H22N4O2S/c15-14-4-3-13(11-16-14)21(19,20)18-9-5-12(6-10-18)17-7-1-2-8-17/h3-4,11-12H,1-2,5-10H2,(H2,15,16). The van der Waals surface area contributed by atoms with E-state index in [4.69, 9.17) is 5.73 Å². The van der Waals surface area contributed by atoms with E-state index in [0.29, 0.717) is 24.9 Å². The van der Waals surface area contributed by atoms with E-state index >= 15 is 0 Å². The Balaban J connectivity index is 1.66. The molecule has 6 nitrogen and oxygen atoms in total. The van der Waals surface area contributed by atoms with Gasteiger partial charge in [0.15, 0.2) is 0 Å². The molecular weight excluding hydrogens is 288 g/mol. The molecule has 0 bridgehead atoms. The highest BCUT2D eigenvalue weighted by molar-refractivity contribution is 7.89. The highest BCUT2D eigenvalue weighted by Crippen LogP contribution is 2.25. The Morgan fingerprint density at radius 3 is 2.33 bits per heavy atom. The van der Waals surface area contributed by atoms with Crippen LogP contribution in [0.1, 0.15) is 25.7 Å². The minimum atomic E-state index is -3.43. The molecule has 3 rings (SSSR count). The van der Waals surface area contributed by atoms with Gasteiger partial charge in [-0.25, -0.2) is 13.4 Å². The van der Waals surface area contributed by atoms with E-state index in [0.717, 1.165) is 12.8 Å². The summed E-state index contributed by atoms with van der Waals surface area (Å²) in [6.45, 7) is 3.51. The molecule has 21 heavy (non-hydrogen) atoms. The van der Waals surface area contributed by atoms with E-state index in [1.807, 2.05) is 0 Å². The first kappa shape index (κ1) is 14.7. The molecule has 1 aromatic rings. The second-order valence-electron chi connectivity index (χ2n) is 5.80. The number of anilines is 1. The van der Waals surface area contributed by atoms with Crippen molar-refractivity contribution < 1.29 is 8.42 Å². The van der Waals surface area contributed by atoms with Crippen molar-refractivity contribution in [1.82, 2.24) is 14.2 Å². The summed E-state index contributed by atoms with van der Waals surface area (Å²) in [6, 6.07) is 3.61. The Morgan fingerprint density at radius 2 is 1.76 bits per heavy atom. The van der Waals surface area contributed by atoms with Crippen LogP contribution in [-0.4, -0.2) is 54.8 Å². The number of hydrogen-bond acceptors (Lipinski definition) is 5. The van der Waals surface area contributed by atoms with E-state index in [1.165, 1.54) is 44.3 Å². The molecule has 0 atom stereocenters. The zero-order valence-electron chi connectivity index (χ0n) is 12.1. The fourth-order valence-corrected chi connectivity index (χ4v) is 4.66. The molecule has 2 saturated heterocycles. The number of pyridine rings is 1. The molecule has 0 radical (unpaired) electrons. The van der Waals surface area contributed by atoms with Gasteiger partial charge in [-0.1, -0.05) is 0 Å². The number of aromatic nitrogens is 1. The maximum Gasteiger partial charge on any atom is 0.244 e. The fraction of sp³-hybridized carbons (Fsp3) is 0.643. The molecule has 3 heterocycles. The van der Waals surface area contributed by atoms with Crippen molar-refractivity contribution in [3.8, 4) is 0 Å². The zero-order chi connectivity index (χ0) is 14.9. The van der Waals surface area contributed by atoms with Crippen LogP contribution in [0.25, 0.3) is 0 Å². The van der Waals surface area contributed by atoms with E-state index < -0.39 is 10.0 Å². The molecule has 2 aliphatic rings. The Kier molecular flexibility index (Phi) is 4.14. The second kappa shape index (κ2) is 5.90. The maximum atomic E-state index is 12.6. The zero-order valence-corrected chi connectivity index (χ0v) is 12.9. The number of nitrogen functional groups attached to an aromatic ring is 1. The van der Waals surface area contributed by atoms with Crippen molar-refractivity contribution in [3.63, 3.8) is 0 Å². The lowest BCUT2D eigenvalue weighted by Gasteiger charge is -2.35. The van der Waals surface area contributed by atoms with Crippen molar-refractivity contribution in [2.24, 2.45) is 0 Å². The van der Waals surface area contributed by atoms with Gasteiger partial charge in [-0.3, -0.25) is 0 Å². The Morgan fingerprint density at radius 1 is 1.10 bits per heavy atom. The van der Waals surface area contributed by atoms with E-state index in [1.54, 1.807) is 4.31 Å². The summed E-state index contributed by atoms with van der Waals surface area (Å²) in [6.07, 6.45) is 5.73. The average molecular weight is 310 g/mol. The predicted molar refractivity (Wildman–Crippen MR) is 81.2 cm³/mol. The first-order valence-corrected chi connectivity index (χ1v) is 8.97. The molecule has 0 aromatic carbocycles. The Bertz CT molecular complexity index is 573. The minimum Gasteiger partial charge on any atom is -0.384 e. The number of piperidine rings is 1. The summed E-state index contributed by atoms with van der Waals surface area (Å²) in [5.74, 6) is 0.335. The van der Waals surface area contributed by atoms with Gasteiger partial charge < -0.3 is 10.6 Å². The lowest BCUT2D eigenvalue weighted by Crippen LogP contribution is -2.45. The molecule has 0 amide bonds. The molecule has 1 aromatic heterocycles. The second-order valence-corrected chi connectivity index (χ2v) is 7.74. The number of nitrogens with two attached hydrogens (primary N) is 1. The molecule has 2 fully saturated rings. The third-order valence-electron chi connectivity index (χ3n) is 4.48. The number of likely N-dealkylation sites (tertiary alicyclic amines) is 1. The summed E-state index contributed by atoms with van der Waals surface area (Å²) >= 11 is 0. The first-order chi connectivity index (χ1) is 10.1. The van der Waals surface area contributed by atoms with Crippen LogP contribution >= 0.6 is 0 Å². The Labute approximate surface area is 126 Å². The van der Waals surface area contributed by atoms with Crippen molar-refractivity contribution in [2.45, 2.75) is 36.6 Å². The van der Waals surface area contributed by atoms with Crippen molar-refractivity contribution >= 4 is 15.8 Å². The van der Waals surface area contributed by atoms with Gasteiger partial charge in [-0.05, 0) is 50.9 Å². The quantitative estimate of drug-likeness (QED) is 0.898. The summed E-state index contributed by atoms with van der Waals surface area (Å²) in [5, 5.41) is 0. The highest BCUT2D eigenvalue weighted by atomic mass is 32.2. The Hall–Kier alpha value is -1.18. The van der Waals surface area contributed by atoms with Crippen LogP contribution < -0.4 is 5.73 Å². The van der Waals surface area contributed by atoms with Crippen molar-refractivity contribution in [2.75, 3.05) is 31.9 Å². The van der Waals surface area contributed by atoms with E-state index in [9.17, 15) is 8.42 Å². The van der Waals surface area contributed by atoms with Gasteiger partial charge in [-0.15, -0.1) is 0 Å². The van der Waals surface area contributed by atoms with Crippen LogP contribution in [-0.2, 0) is 10.0 Å². The monoisotopic (exact) mass is 310 g/mol. The number of nitrogens with zero attached hydrogens (tertiary/aromatic N) is 3. The molecule has 0 saturated carbocycles. The number of hydrogen-bond donors (Lipinski definition) is 1. The fourth-order valence-electron chi connectivity index (χ4n) is 3.25. The van der Waals surface area contributed by atoms with Gasteiger partial charge in [0.25, 0.3) is 0 Å². The summed E-state index contributed by atoms with van der Waals surface area (Å²) < 4.78 is 26.7.